The Morgan fingerprint density at radius 2 is 2.25 bits per heavy atom. The lowest BCUT2D eigenvalue weighted by Crippen LogP contribution is -2.16. The lowest BCUT2D eigenvalue weighted by Gasteiger charge is -2.13. The van der Waals surface area contributed by atoms with Gasteiger partial charge in [-0.3, -0.25) is 0 Å². The van der Waals surface area contributed by atoms with Crippen LogP contribution in [0.1, 0.15) is 18.1 Å². The number of aliphatic hydroxyl groups excluding tert-OH is 1. The molecule has 2 N–H and O–H groups in total. The molecule has 0 amide bonds. The zero-order valence-electron chi connectivity index (χ0n) is 8.60. The molecule has 4 nitrogen and oxygen atoms in total. The fraction of sp³-hybridized carbons (Fsp3) is 0.364. The van der Waals surface area contributed by atoms with Crippen molar-refractivity contribution in [2.24, 2.45) is 0 Å². The number of aliphatic hydroxyl groups is 1. The van der Waals surface area contributed by atoms with E-state index >= 15 is 0 Å². The third-order valence-corrected chi connectivity index (χ3v) is 2.46. The standard InChI is InChI=1S/C11H13BrO4/c12-9-4-1-3-8(7-9)10(11(14)15)16-6-2-5-13/h1,3-4,7,10,13H,2,5-6H2,(H,14,15). The minimum absolute atomic E-state index is 0.00910. The molecule has 0 aliphatic rings. The van der Waals surface area contributed by atoms with E-state index in [1.165, 1.54) is 0 Å². The van der Waals surface area contributed by atoms with Gasteiger partial charge < -0.3 is 14.9 Å². The number of hydrogen-bond acceptors (Lipinski definition) is 3. The zero-order valence-corrected chi connectivity index (χ0v) is 10.2. The zero-order chi connectivity index (χ0) is 12.0. The van der Waals surface area contributed by atoms with Gasteiger partial charge in [0, 0.05) is 11.1 Å². The van der Waals surface area contributed by atoms with Gasteiger partial charge in [-0.05, 0) is 24.1 Å². The molecule has 0 bridgehead atoms. The third-order valence-electron chi connectivity index (χ3n) is 1.96. The first-order chi connectivity index (χ1) is 7.65. The first-order valence-electron chi connectivity index (χ1n) is 4.86. The van der Waals surface area contributed by atoms with E-state index in [-0.39, 0.29) is 13.2 Å². The van der Waals surface area contributed by atoms with Crippen molar-refractivity contribution in [3.63, 3.8) is 0 Å². The van der Waals surface area contributed by atoms with Crippen LogP contribution in [-0.2, 0) is 9.53 Å². The van der Waals surface area contributed by atoms with Gasteiger partial charge in [-0.2, -0.15) is 0 Å². The number of carboxylic acids is 1. The highest BCUT2D eigenvalue weighted by molar-refractivity contribution is 9.10. The quantitative estimate of drug-likeness (QED) is 0.786. The molecule has 5 heteroatoms. The van der Waals surface area contributed by atoms with E-state index in [0.29, 0.717) is 12.0 Å². The van der Waals surface area contributed by atoms with E-state index in [0.717, 1.165) is 4.47 Å². The number of benzene rings is 1. The smallest absolute Gasteiger partial charge is 0.337 e. The largest absolute Gasteiger partial charge is 0.479 e. The van der Waals surface area contributed by atoms with E-state index in [1.54, 1.807) is 18.2 Å². The van der Waals surface area contributed by atoms with E-state index in [4.69, 9.17) is 14.9 Å². The Kier molecular flexibility index (Phi) is 5.45. The van der Waals surface area contributed by atoms with Crippen molar-refractivity contribution in [3.05, 3.63) is 34.3 Å². The van der Waals surface area contributed by atoms with Crippen molar-refractivity contribution < 1.29 is 19.7 Å². The molecule has 0 aliphatic heterocycles. The van der Waals surface area contributed by atoms with Gasteiger partial charge in [0.1, 0.15) is 0 Å². The Bertz CT molecular complexity index is 354. The van der Waals surface area contributed by atoms with E-state index in [2.05, 4.69) is 15.9 Å². The molecule has 0 spiro atoms. The molecule has 1 aromatic rings. The Labute approximate surface area is 102 Å². The fourth-order valence-corrected chi connectivity index (χ4v) is 1.66. The molecular formula is C11H13BrO4. The minimum Gasteiger partial charge on any atom is -0.479 e. The predicted octanol–water partition coefficient (Wildman–Crippen LogP) is 1.97. The summed E-state index contributed by atoms with van der Waals surface area (Å²) in [5.74, 6) is -1.03. The summed E-state index contributed by atoms with van der Waals surface area (Å²) in [5, 5.41) is 17.6. The van der Waals surface area contributed by atoms with Gasteiger partial charge in [0.2, 0.25) is 0 Å². The first-order valence-corrected chi connectivity index (χ1v) is 5.65. The first kappa shape index (κ1) is 13.2. The van der Waals surface area contributed by atoms with E-state index < -0.39 is 12.1 Å². The number of carbonyl (C=O) groups is 1. The molecule has 88 valence electrons. The maximum Gasteiger partial charge on any atom is 0.337 e. The van der Waals surface area contributed by atoms with Gasteiger partial charge in [-0.15, -0.1) is 0 Å². The van der Waals surface area contributed by atoms with Crippen LogP contribution in [0.25, 0.3) is 0 Å². The minimum atomic E-state index is -1.03. The predicted molar refractivity (Wildman–Crippen MR) is 62.2 cm³/mol. The molecule has 0 saturated carbocycles. The highest BCUT2D eigenvalue weighted by atomic mass is 79.9. The molecular weight excluding hydrogens is 276 g/mol. The molecule has 1 atom stereocenters. The number of hydrogen-bond donors (Lipinski definition) is 2. The SMILES string of the molecule is O=C(O)C(OCCCO)c1cccc(Br)c1. The molecule has 0 saturated heterocycles. The summed E-state index contributed by atoms with van der Waals surface area (Å²) in [4.78, 5) is 11.0. The second-order valence-electron chi connectivity index (χ2n) is 3.22. The van der Waals surface area contributed by atoms with E-state index in [1.807, 2.05) is 6.07 Å². The average molecular weight is 289 g/mol. The van der Waals surface area contributed by atoms with Gasteiger partial charge in [0.05, 0.1) is 6.61 Å². The maximum absolute atomic E-state index is 11.0. The van der Waals surface area contributed by atoms with Crippen LogP contribution in [0.5, 0.6) is 0 Å². The van der Waals surface area contributed by atoms with Crippen molar-refractivity contribution in [1.82, 2.24) is 0 Å². The molecule has 1 aromatic carbocycles. The number of rotatable bonds is 6. The van der Waals surface area contributed by atoms with Crippen LogP contribution in [0, 0.1) is 0 Å². The van der Waals surface area contributed by atoms with Crippen LogP contribution >= 0.6 is 15.9 Å². The van der Waals surface area contributed by atoms with Crippen molar-refractivity contribution in [3.8, 4) is 0 Å². The summed E-state index contributed by atoms with van der Waals surface area (Å²) in [6.07, 6.45) is -0.554. The highest BCUT2D eigenvalue weighted by Crippen LogP contribution is 2.21. The number of halogens is 1. The van der Waals surface area contributed by atoms with Crippen molar-refractivity contribution in [2.75, 3.05) is 13.2 Å². The van der Waals surface area contributed by atoms with Crippen molar-refractivity contribution >= 4 is 21.9 Å². The van der Waals surface area contributed by atoms with Crippen LogP contribution in [0.2, 0.25) is 0 Å². The molecule has 0 heterocycles. The molecule has 0 radical (unpaired) electrons. The summed E-state index contributed by atoms with van der Waals surface area (Å²) in [5.41, 5.74) is 0.583. The van der Waals surface area contributed by atoms with Crippen LogP contribution in [-0.4, -0.2) is 29.4 Å². The topological polar surface area (TPSA) is 66.8 Å². The number of ether oxygens (including phenoxy) is 1. The summed E-state index contributed by atoms with van der Waals surface area (Å²) in [6, 6.07) is 6.97. The van der Waals surface area contributed by atoms with Crippen LogP contribution < -0.4 is 0 Å². The monoisotopic (exact) mass is 288 g/mol. The van der Waals surface area contributed by atoms with E-state index in [9.17, 15) is 4.79 Å². The van der Waals surface area contributed by atoms with Gasteiger partial charge in [0.25, 0.3) is 0 Å². The highest BCUT2D eigenvalue weighted by Gasteiger charge is 2.20. The lowest BCUT2D eigenvalue weighted by molar-refractivity contribution is -0.151. The number of aliphatic carboxylic acids is 1. The van der Waals surface area contributed by atoms with Crippen LogP contribution in [0.4, 0.5) is 0 Å². The Balaban J connectivity index is 2.73. The third kappa shape index (κ3) is 3.92. The maximum atomic E-state index is 11.0. The lowest BCUT2D eigenvalue weighted by atomic mass is 10.1. The van der Waals surface area contributed by atoms with Crippen LogP contribution in [0.3, 0.4) is 0 Å². The Hall–Kier alpha value is -0.910. The number of carboxylic acid groups (broad SMARTS) is 1. The van der Waals surface area contributed by atoms with Gasteiger partial charge in [-0.1, -0.05) is 28.1 Å². The molecule has 1 unspecified atom stereocenters. The molecule has 0 aromatic heterocycles. The summed E-state index contributed by atoms with van der Waals surface area (Å²) < 4.78 is 6.01. The second-order valence-corrected chi connectivity index (χ2v) is 4.14. The second kappa shape index (κ2) is 6.62. The van der Waals surface area contributed by atoms with Gasteiger partial charge in [0.15, 0.2) is 6.10 Å². The average Bonchev–Trinajstić information content (AvgIpc) is 2.24. The van der Waals surface area contributed by atoms with Gasteiger partial charge in [-0.25, -0.2) is 4.79 Å². The van der Waals surface area contributed by atoms with Crippen molar-refractivity contribution in [1.29, 1.82) is 0 Å². The molecule has 1 rings (SSSR count). The van der Waals surface area contributed by atoms with Crippen molar-refractivity contribution in [2.45, 2.75) is 12.5 Å². The van der Waals surface area contributed by atoms with Gasteiger partial charge >= 0.3 is 5.97 Å². The molecule has 0 fully saturated rings. The summed E-state index contributed by atoms with van der Waals surface area (Å²) >= 11 is 3.27. The molecule has 16 heavy (non-hydrogen) atoms. The summed E-state index contributed by atoms with van der Waals surface area (Å²) in [6.45, 7) is 0.213. The van der Waals surface area contributed by atoms with Crippen LogP contribution in [0.15, 0.2) is 28.7 Å². The summed E-state index contributed by atoms with van der Waals surface area (Å²) in [7, 11) is 0. The Morgan fingerprint density at radius 1 is 1.50 bits per heavy atom. The fourth-order valence-electron chi connectivity index (χ4n) is 1.25. The normalized spacial score (nSPS) is 12.4. The Morgan fingerprint density at radius 3 is 2.81 bits per heavy atom. The molecule has 0 aliphatic carbocycles.